The Labute approximate surface area is 133 Å². The first-order valence-electron chi connectivity index (χ1n) is 8.42. The van der Waals surface area contributed by atoms with E-state index >= 15 is 0 Å². The van der Waals surface area contributed by atoms with Gasteiger partial charge in [-0.15, -0.1) is 0 Å². The van der Waals surface area contributed by atoms with Crippen molar-refractivity contribution in [1.29, 1.82) is 0 Å². The minimum Gasteiger partial charge on any atom is -0.396 e. The molecule has 5 nitrogen and oxygen atoms in total. The lowest BCUT2D eigenvalue weighted by molar-refractivity contribution is -0.0417. The van der Waals surface area contributed by atoms with Crippen LogP contribution in [0.15, 0.2) is 0 Å². The molecule has 1 aromatic rings. The Morgan fingerprint density at radius 3 is 2.77 bits per heavy atom. The second-order valence-electron chi connectivity index (χ2n) is 7.40. The molecule has 1 aromatic heterocycles. The number of rotatable bonds is 4. The van der Waals surface area contributed by atoms with Crippen molar-refractivity contribution >= 4 is 0 Å². The highest BCUT2D eigenvalue weighted by molar-refractivity contribution is 5.25. The van der Waals surface area contributed by atoms with Crippen molar-refractivity contribution in [2.75, 3.05) is 32.9 Å². The van der Waals surface area contributed by atoms with Crippen molar-refractivity contribution in [2.45, 2.75) is 46.7 Å². The maximum atomic E-state index is 9.92. The highest BCUT2D eigenvalue weighted by Crippen LogP contribution is 2.42. The van der Waals surface area contributed by atoms with Crippen molar-refractivity contribution in [3.05, 3.63) is 17.0 Å². The van der Waals surface area contributed by atoms with Crippen LogP contribution in [-0.4, -0.2) is 52.7 Å². The number of fused-ring (bicyclic) bond motifs is 1. The molecule has 0 aromatic carbocycles. The van der Waals surface area contributed by atoms with Gasteiger partial charge in [0.25, 0.3) is 0 Å². The number of aryl methyl sites for hydroxylation is 1. The molecular formula is C17H29N3O2. The van der Waals surface area contributed by atoms with Gasteiger partial charge < -0.3 is 9.84 Å². The standard InChI is InChI=1S/C17H29N3O2/c1-12(2)20-14(4)16(13(3)18-20)8-19-7-15-9-22-6-5-17(15,10-19)11-21/h12,15,21H,5-11H2,1-4H3/t15-,17-/m1/s1. The first-order chi connectivity index (χ1) is 10.5. The number of aliphatic hydroxyl groups is 1. The first kappa shape index (κ1) is 16.0. The van der Waals surface area contributed by atoms with Gasteiger partial charge in [0.1, 0.15) is 0 Å². The predicted octanol–water partition coefficient (Wildman–Crippen LogP) is 1.91. The van der Waals surface area contributed by atoms with E-state index < -0.39 is 0 Å². The van der Waals surface area contributed by atoms with E-state index in [1.165, 1.54) is 11.3 Å². The summed E-state index contributed by atoms with van der Waals surface area (Å²) in [7, 11) is 0. The van der Waals surface area contributed by atoms with E-state index in [2.05, 4.69) is 37.3 Å². The van der Waals surface area contributed by atoms with E-state index in [-0.39, 0.29) is 12.0 Å². The fraction of sp³-hybridized carbons (Fsp3) is 0.824. The zero-order valence-corrected chi connectivity index (χ0v) is 14.3. The molecule has 3 heterocycles. The van der Waals surface area contributed by atoms with Gasteiger partial charge in [0.05, 0.1) is 18.9 Å². The highest BCUT2D eigenvalue weighted by Gasteiger charge is 2.47. The molecule has 0 aliphatic carbocycles. The van der Waals surface area contributed by atoms with Crippen LogP contribution in [0.4, 0.5) is 0 Å². The third-order valence-electron chi connectivity index (χ3n) is 5.61. The fourth-order valence-corrected chi connectivity index (χ4v) is 4.19. The maximum Gasteiger partial charge on any atom is 0.0641 e. The van der Waals surface area contributed by atoms with E-state index in [1.54, 1.807) is 0 Å². The molecule has 0 spiro atoms. The molecule has 0 radical (unpaired) electrons. The minimum absolute atomic E-state index is 0.0497. The molecule has 0 bridgehead atoms. The van der Waals surface area contributed by atoms with Crippen LogP contribution in [0.1, 0.15) is 43.3 Å². The van der Waals surface area contributed by atoms with Gasteiger partial charge in [-0.3, -0.25) is 9.58 Å². The molecule has 1 N–H and O–H groups in total. The predicted molar refractivity (Wildman–Crippen MR) is 85.8 cm³/mol. The summed E-state index contributed by atoms with van der Waals surface area (Å²) >= 11 is 0. The Bertz CT molecular complexity index is 540. The molecule has 3 rings (SSSR count). The van der Waals surface area contributed by atoms with E-state index in [1.807, 2.05) is 0 Å². The Morgan fingerprint density at radius 2 is 2.18 bits per heavy atom. The molecule has 0 unspecified atom stereocenters. The zero-order valence-electron chi connectivity index (χ0n) is 14.3. The van der Waals surface area contributed by atoms with Crippen LogP contribution < -0.4 is 0 Å². The van der Waals surface area contributed by atoms with Gasteiger partial charge in [-0.25, -0.2) is 0 Å². The Kier molecular flexibility index (Phi) is 4.32. The number of ether oxygens (including phenoxy) is 1. The van der Waals surface area contributed by atoms with Gasteiger partial charge in [-0.05, 0) is 34.1 Å². The zero-order chi connectivity index (χ0) is 15.9. The maximum absolute atomic E-state index is 9.92. The minimum atomic E-state index is 0.0497. The SMILES string of the molecule is Cc1nn(C(C)C)c(C)c1CN1C[C@@H]2COCC[C@]2(CO)C1. The number of likely N-dealkylation sites (tertiary alicyclic amines) is 1. The molecule has 124 valence electrons. The number of hydrogen-bond acceptors (Lipinski definition) is 4. The Hall–Kier alpha value is -0.910. The van der Waals surface area contributed by atoms with Crippen LogP contribution in [0.2, 0.25) is 0 Å². The third-order valence-corrected chi connectivity index (χ3v) is 5.61. The van der Waals surface area contributed by atoms with Crippen LogP contribution in [-0.2, 0) is 11.3 Å². The number of hydrogen-bond donors (Lipinski definition) is 1. The van der Waals surface area contributed by atoms with Gasteiger partial charge in [-0.1, -0.05) is 0 Å². The summed E-state index contributed by atoms with van der Waals surface area (Å²) in [5.41, 5.74) is 3.81. The number of nitrogens with zero attached hydrogens (tertiary/aromatic N) is 3. The summed E-state index contributed by atoms with van der Waals surface area (Å²) in [5.74, 6) is 0.465. The molecule has 2 aliphatic heterocycles. The molecule has 2 saturated heterocycles. The molecule has 2 aliphatic rings. The lowest BCUT2D eigenvalue weighted by Crippen LogP contribution is -2.41. The van der Waals surface area contributed by atoms with Crippen molar-refractivity contribution in [3.8, 4) is 0 Å². The molecule has 0 saturated carbocycles. The van der Waals surface area contributed by atoms with E-state index in [9.17, 15) is 5.11 Å². The quantitative estimate of drug-likeness (QED) is 0.923. The Balaban J connectivity index is 1.78. The van der Waals surface area contributed by atoms with Crippen molar-refractivity contribution in [1.82, 2.24) is 14.7 Å². The fourth-order valence-electron chi connectivity index (χ4n) is 4.19. The topological polar surface area (TPSA) is 50.5 Å². The van der Waals surface area contributed by atoms with Gasteiger partial charge in [-0.2, -0.15) is 5.10 Å². The average Bonchev–Trinajstić information content (AvgIpc) is 3.00. The third kappa shape index (κ3) is 2.59. The summed E-state index contributed by atoms with van der Waals surface area (Å²) < 4.78 is 7.76. The number of aromatic nitrogens is 2. The largest absolute Gasteiger partial charge is 0.396 e. The number of aliphatic hydroxyl groups excluding tert-OH is 1. The van der Waals surface area contributed by atoms with E-state index in [0.29, 0.717) is 12.0 Å². The van der Waals surface area contributed by atoms with E-state index in [4.69, 9.17) is 9.84 Å². The normalized spacial score (nSPS) is 29.3. The monoisotopic (exact) mass is 307 g/mol. The van der Waals surface area contributed by atoms with Crippen molar-refractivity contribution < 1.29 is 9.84 Å². The van der Waals surface area contributed by atoms with Gasteiger partial charge in [0, 0.05) is 54.9 Å². The van der Waals surface area contributed by atoms with Crippen LogP contribution in [0.5, 0.6) is 0 Å². The Morgan fingerprint density at radius 1 is 1.41 bits per heavy atom. The van der Waals surface area contributed by atoms with Crippen molar-refractivity contribution in [2.24, 2.45) is 11.3 Å². The van der Waals surface area contributed by atoms with Crippen molar-refractivity contribution in [3.63, 3.8) is 0 Å². The first-order valence-corrected chi connectivity index (χ1v) is 8.42. The summed E-state index contributed by atoms with van der Waals surface area (Å²) in [5, 5.41) is 14.6. The molecule has 0 amide bonds. The van der Waals surface area contributed by atoms with Gasteiger partial charge >= 0.3 is 0 Å². The summed E-state index contributed by atoms with van der Waals surface area (Å²) in [6.07, 6.45) is 0.980. The second-order valence-corrected chi connectivity index (χ2v) is 7.40. The van der Waals surface area contributed by atoms with E-state index in [0.717, 1.165) is 45.0 Å². The average molecular weight is 307 g/mol. The van der Waals surface area contributed by atoms with Crippen LogP contribution in [0, 0.1) is 25.2 Å². The summed E-state index contributed by atoms with van der Waals surface area (Å²) in [6, 6.07) is 0.394. The molecule has 2 atom stereocenters. The summed E-state index contributed by atoms with van der Waals surface area (Å²) in [4.78, 5) is 2.48. The highest BCUT2D eigenvalue weighted by atomic mass is 16.5. The van der Waals surface area contributed by atoms with Gasteiger partial charge in [0.2, 0.25) is 0 Å². The van der Waals surface area contributed by atoms with Crippen LogP contribution in [0.3, 0.4) is 0 Å². The molecule has 2 fully saturated rings. The molecule has 22 heavy (non-hydrogen) atoms. The lowest BCUT2D eigenvalue weighted by atomic mass is 9.75. The lowest BCUT2D eigenvalue weighted by Gasteiger charge is -2.36. The molecule has 5 heteroatoms. The molecular weight excluding hydrogens is 278 g/mol. The van der Waals surface area contributed by atoms with Gasteiger partial charge in [0.15, 0.2) is 0 Å². The smallest absolute Gasteiger partial charge is 0.0641 e. The summed E-state index contributed by atoms with van der Waals surface area (Å²) in [6.45, 7) is 13.4. The van der Waals surface area contributed by atoms with Crippen LogP contribution in [0.25, 0.3) is 0 Å². The second kappa shape index (κ2) is 5.95. The van der Waals surface area contributed by atoms with Crippen LogP contribution >= 0.6 is 0 Å².